The average Bonchev–Trinajstić information content (AvgIpc) is 2.40. The zero-order valence-electron chi connectivity index (χ0n) is 9.75. The van der Waals surface area contributed by atoms with Crippen molar-refractivity contribution >= 4 is 17.6 Å². The van der Waals surface area contributed by atoms with Crippen LogP contribution in [0.2, 0.25) is 0 Å². The van der Waals surface area contributed by atoms with E-state index in [-0.39, 0.29) is 5.84 Å². The number of hydrogen-bond donors (Lipinski definition) is 2. The summed E-state index contributed by atoms with van der Waals surface area (Å²) in [4.78, 5) is 0.985. The van der Waals surface area contributed by atoms with E-state index in [1.165, 1.54) is 18.0 Å². The predicted octanol–water partition coefficient (Wildman–Crippen LogP) is 1.92. The lowest BCUT2D eigenvalue weighted by Gasteiger charge is -2.06. The SMILES string of the molecule is COc1ccc(Sc2nnccc2C(=N)N)cc1. The number of nitrogen functional groups attached to an aromatic ring is 1. The highest BCUT2D eigenvalue weighted by atomic mass is 32.2. The van der Waals surface area contributed by atoms with Gasteiger partial charge in [-0.05, 0) is 30.3 Å². The van der Waals surface area contributed by atoms with E-state index >= 15 is 0 Å². The smallest absolute Gasteiger partial charge is 0.134 e. The Hall–Kier alpha value is -2.08. The van der Waals surface area contributed by atoms with E-state index in [2.05, 4.69) is 10.2 Å². The standard InChI is InChI=1S/C12H12N4OS/c1-17-8-2-4-9(5-3-8)18-12-10(11(13)14)6-7-15-16-12/h2-7H,1H3,(H3,13,14). The molecule has 0 spiro atoms. The summed E-state index contributed by atoms with van der Waals surface area (Å²) in [7, 11) is 1.62. The van der Waals surface area contributed by atoms with Gasteiger partial charge in [0.25, 0.3) is 0 Å². The van der Waals surface area contributed by atoms with Crippen LogP contribution in [0, 0.1) is 5.41 Å². The van der Waals surface area contributed by atoms with Crippen molar-refractivity contribution in [1.29, 1.82) is 5.41 Å². The van der Waals surface area contributed by atoms with E-state index in [4.69, 9.17) is 15.9 Å². The fourth-order valence-electron chi connectivity index (χ4n) is 1.35. The summed E-state index contributed by atoms with van der Waals surface area (Å²) < 4.78 is 5.09. The minimum absolute atomic E-state index is 0.0130. The molecule has 6 heteroatoms. The molecule has 5 nitrogen and oxygen atoms in total. The molecule has 3 N–H and O–H groups in total. The number of aromatic nitrogens is 2. The summed E-state index contributed by atoms with van der Waals surface area (Å²) >= 11 is 1.41. The van der Waals surface area contributed by atoms with Crippen molar-refractivity contribution in [2.24, 2.45) is 5.73 Å². The molecular formula is C12H12N4OS. The van der Waals surface area contributed by atoms with Crippen LogP contribution < -0.4 is 10.5 Å². The Morgan fingerprint density at radius 3 is 2.61 bits per heavy atom. The normalized spacial score (nSPS) is 10.1. The number of rotatable bonds is 4. The summed E-state index contributed by atoms with van der Waals surface area (Å²) in [6.07, 6.45) is 1.52. The second-order valence-electron chi connectivity index (χ2n) is 3.44. The van der Waals surface area contributed by atoms with Crippen molar-refractivity contribution < 1.29 is 4.74 Å². The molecule has 0 bridgehead atoms. The highest BCUT2D eigenvalue weighted by Crippen LogP contribution is 2.29. The van der Waals surface area contributed by atoms with Crippen LogP contribution in [0.5, 0.6) is 5.75 Å². The van der Waals surface area contributed by atoms with Crippen LogP contribution in [0.15, 0.2) is 46.5 Å². The molecule has 0 saturated carbocycles. The predicted molar refractivity (Wildman–Crippen MR) is 70.2 cm³/mol. The Kier molecular flexibility index (Phi) is 3.78. The molecule has 1 aromatic carbocycles. The molecule has 0 fully saturated rings. The van der Waals surface area contributed by atoms with Gasteiger partial charge in [0.05, 0.1) is 18.9 Å². The third-order valence-electron chi connectivity index (χ3n) is 2.25. The van der Waals surface area contributed by atoms with E-state index in [0.29, 0.717) is 10.6 Å². The van der Waals surface area contributed by atoms with Crippen molar-refractivity contribution in [2.45, 2.75) is 9.92 Å². The molecule has 18 heavy (non-hydrogen) atoms. The fraction of sp³-hybridized carbons (Fsp3) is 0.0833. The minimum Gasteiger partial charge on any atom is -0.497 e. The van der Waals surface area contributed by atoms with Gasteiger partial charge in [0.15, 0.2) is 0 Å². The quantitative estimate of drug-likeness (QED) is 0.648. The van der Waals surface area contributed by atoms with E-state index < -0.39 is 0 Å². The first-order valence-electron chi connectivity index (χ1n) is 5.18. The van der Waals surface area contributed by atoms with Gasteiger partial charge in [-0.15, -0.1) is 5.10 Å². The molecule has 0 aliphatic carbocycles. The van der Waals surface area contributed by atoms with Gasteiger partial charge in [-0.2, -0.15) is 5.10 Å². The van der Waals surface area contributed by atoms with Crippen LogP contribution in [0.1, 0.15) is 5.56 Å². The highest BCUT2D eigenvalue weighted by molar-refractivity contribution is 7.99. The van der Waals surface area contributed by atoms with Gasteiger partial charge in [0.1, 0.15) is 16.6 Å². The molecule has 1 heterocycles. The van der Waals surface area contributed by atoms with Crippen molar-refractivity contribution in [2.75, 3.05) is 7.11 Å². The van der Waals surface area contributed by atoms with E-state index in [1.807, 2.05) is 24.3 Å². The Morgan fingerprint density at radius 2 is 2.00 bits per heavy atom. The maximum atomic E-state index is 7.48. The van der Waals surface area contributed by atoms with Crippen molar-refractivity contribution in [1.82, 2.24) is 10.2 Å². The zero-order chi connectivity index (χ0) is 13.0. The van der Waals surface area contributed by atoms with Crippen LogP contribution in [0.25, 0.3) is 0 Å². The van der Waals surface area contributed by atoms with Gasteiger partial charge in [0.2, 0.25) is 0 Å². The topological polar surface area (TPSA) is 84.9 Å². The van der Waals surface area contributed by atoms with Gasteiger partial charge in [-0.3, -0.25) is 5.41 Å². The largest absolute Gasteiger partial charge is 0.497 e. The molecule has 0 amide bonds. The fourth-order valence-corrected chi connectivity index (χ4v) is 2.23. The minimum atomic E-state index is -0.0130. The molecule has 2 rings (SSSR count). The van der Waals surface area contributed by atoms with Crippen LogP contribution in [0.3, 0.4) is 0 Å². The maximum Gasteiger partial charge on any atom is 0.134 e. The number of methoxy groups -OCH3 is 1. The molecule has 0 unspecified atom stereocenters. The average molecular weight is 260 g/mol. The van der Waals surface area contributed by atoms with E-state index in [0.717, 1.165) is 10.6 Å². The second kappa shape index (κ2) is 5.50. The maximum absolute atomic E-state index is 7.48. The van der Waals surface area contributed by atoms with E-state index in [1.54, 1.807) is 13.2 Å². The molecule has 92 valence electrons. The first kappa shape index (κ1) is 12.4. The summed E-state index contributed by atoms with van der Waals surface area (Å²) in [6.45, 7) is 0. The molecule has 0 atom stereocenters. The Morgan fingerprint density at radius 1 is 1.28 bits per heavy atom. The van der Waals surface area contributed by atoms with Crippen molar-refractivity contribution in [3.8, 4) is 5.75 Å². The number of amidine groups is 1. The number of nitrogens with two attached hydrogens (primary N) is 1. The summed E-state index contributed by atoms with van der Waals surface area (Å²) in [5, 5.41) is 15.9. The van der Waals surface area contributed by atoms with E-state index in [9.17, 15) is 0 Å². The molecule has 0 aliphatic rings. The third kappa shape index (κ3) is 2.78. The molecule has 0 saturated heterocycles. The van der Waals surface area contributed by atoms with Gasteiger partial charge >= 0.3 is 0 Å². The first-order valence-corrected chi connectivity index (χ1v) is 6.00. The van der Waals surface area contributed by atoms with Crippen LogP contribution in [-0.4, -0.2) is 23.1 Å². The summed E-state index contributed by atoms with van der Waals surface area (Å²) in [5.74, 6) is 0.784. The zero-order valence-corrected chi connectivity index (χ0v) is 10.6. The van der Waals surface area contributed by atoms with Crippen molar-refractivity contribution in [3.05, 3.63) is 42.1 Å². The molecule has 0 radical (unpaired) electrons. The number of nitrogens with one attached hydrogen (secondary N) is 1. The first-order chi connectivity index (χ1) is 8.70. The lowest BCUT2D eigenvalue weighted by atomic mass is 10.3. The third-order valence-corrected chi connectivity index (χ3v) is 3.25. The molecular weight excluding hydrogens is 248 g/mol. The molecule has 1 aromatic heterocycles. The van der Waals surface area contributed by atoms with Crippen LogP contribution >= 0.6 is 11.8 Å². The second-order valence-corrected chi connectivity index (χ2v) is 4.50. The number of benzene rings is 1. The monoisotopic (exact) mass is 260 g/mol. The lowest BCUT2D eigenvalue weighted by molar-refractivity contribution is 0.414. The number of nitrogens with zero attached hydrogens (tertiary/aromatic N) is 2. The summed E-state index contributed by atoms with van der Waals surface area (Å²) in [5.41, 5.74) is 6.08. The Bertz CT molecular complexity index is 556. The Balaban J connectivity index is 2.25. The Labute approximate surface area is 109 Å². The van der Waals surface area contributed by atoms with Crippen LogP contribution in [0.4, 0.5) is 0 Å². The van der Waals surface area contributed by atoms with Crippen LogP contribution in [-0.2, 0) is 0 Å². The lowest BCUT2D eigenvalue weighted by Crippen LogP contribution is -2.13. The van der Waals surface area contributed by atoms with Gasteiger partial charge in [-0.25, -0.2) is 0 Å². The summed E-state index contributed by atoms with van der Waals surface area (Å²) in [6, 6.07) is 9.25. The molecule has 0 aliphatic heterocycles. The molecule has 2 aromatic rings. The number of hydrogen-bond acceptors (Lipinski definition) is 5. The van der Waals surface area contributed by atoms with Gasteiger partial charge in [-0.1, -0.05) is 11.8 Å². The number of ether oxygens (including phenoxy) is 1. The highest BCUT2D eigenvalue weighted by Gasteiger charge is 2.08. The van der Waals surface area contributed by atoms with Gasteiger partial charge in [0, 0.05) is 4.90 Å². The van der Waals surface area contributed by atoms with Gasteiger partial charge < -0.3 is 10.5 Å². The van der Waals surface area contributed by atoms with Crippen molar-refractivity contribution in [3.63, 3.8) is 0 Å².